The molecule has 0 N–H and O–H groups in total. The molecule has 0 unspecified atom stereocenters. The van der Waals surface area contributed by atoms with Gasteiger partial charge in [0, 0.05) is 39.2 Å². The number of benzene rings is 10. The summed E-state index contributed by atoms with van der Waals surface area (Å²) in [7, 11) is 0. The van der Waals surface area contributed by atoms with E-state index < -0.39 is 5.41 Å². The number of fused-ring (bicyclic) bond motifs is 14. The van der Waals surface area contributed by atoms with E-state index in [1.807, 2.05) is 0 Å². The minimum atomic E-state index is -0.693. The van der Waals surface area contributed by atoms with Crippen molar-refractivity contribution >= 4 is 56.1 Å². The standard InChI is InChI=1S/C77H70N2O/c1-49-31-37-57(45-64(49)51-21-11-9-12-22-51)78(55-39-33-53(34-40-55)75(3,4)5)59-43-44-62-68(47-59)77(66-28-18-15-25-60(66)61-26-16-19-29-67(61)77)69-48-70(74-73(72(62)69)63-27-17-20-30-71(63)80-74)79(56-41-35-54(36-42-56)76(6,7)8)58-38-32-50(2)65(46-58)52-23-13-10-14-24-52/h9,11-12,15-22,25-48,52H,10,13-14,23-24H2,1-8H3. The van der Waals surface area contributed by atoms with E-state index in [4.69, 9.17) is 4.42 Å². The molecule has 3 aliphatic carbocycles. The summed E-state index contributed by atoms with van der Waals surface area (Å²) in [6.07, 6.45) is 6.35. The first kappa shape index (κ1) is 49.9. The molecule has 0 saturated heterocycles. The molecule has 1 fully saturated rings. The maximum atomic E-state index is 7.40. The van der Waals surface area contributed by atoms with Crippen molar-refractivity contribution in [2.75, 3.05) is 9.80 Å². The summed E-state index contributed by atoms with van der Waals surface area (Å²) in [5.41, 5.74) is 27.0. The van der Waals surface area contributed by atoms with Gasteiger partial charge in [-0.25, -0.2) is 0 Å². The van der Waals surface area contributed by atoms with Crippen LogP contribution in [0.4, 0.5) is 34.1 Å². The van der Waals surface area contributed by atoms with E-state index in [1.165, 1.54) is 116 Å². The van der Waals surface area contributed by atoms with Gasteiger partial charge in [0.2, 0.25) is 0 Å². The van der Waals surface area contributed by atoms with Crippen molar-refractivity contribution in [3.8, 4) is 33.4 Å². The van der Waals surface area contributed by atoms with Crippen LogP contribution in [-0.4, -0.2) is 0 Å². The van der Waals surface area contributed by atoms with Crippen LogP contribution < -0.4 is 9.80 Å². The van der Waals surface area contributed by atoms with Crippen LogP contribution in [-0.2, 0) is 16.2 Å². The molecule has 0 radical (unpaired) electrons. The number of aryl methyl sites for hydroxylation is 2. The van der Waals surface area contributed by atoms with Gasteiger partial charge in [-0.3, -0.25) is 0 Å². The van der Waals surface area contributed by atoms with Crippen LogP contribution in [0.15, 0.2) is 217 Å². The highest BCUT2D eigenvalue weighted by Crippen LogP contribution is 2.66. The Morgan fingerprint density at radius 3 is 1.61 bits per heavy atom. The molecule has 3 heteroatoms. The molecule has 1 saturated carbocycles. The van der Waals surface area contributed by atoms with Crippen LogP contribution in [0.25, 0.3) is 55.3 Å². The lowest BCUT2D eigenvalue weighted by Crippen LogP contribution is -2.26. The van der Waals surface area contributed by atoms with Gasteiger partial charge < -0.3 is 14.2 Å². The molecule has 1 aromatic heterocycles. The third-order valence-corrected chi connectivity index (χ3v) is 18.3. The maximum Gasteiger partial charge on any atom is 0.160 e. The summed E-state index contributed by atoms with van der Waals surface area (Å²) in [6, 6.07) is 80.8. The van der Waals surface area contributed by atoms with Crippen molar-refractivity contribution in [2.45, 2.75) is 110 Å². The predicted octanol–water partition coefficient (Wildman–Crippen LogP) is 21.8. The van der Waals surface area contributed by atoms with E-state index in [9.17, 15) is 0 Å². The van der Waals surface area contributed by atoms with Crippen LogP contribution in [0.2, 0.25) is 0 Å². The Morgan fingerprint density at radius 2 is 0.963 bits per heavy atom. The molecule has 0 amide bonds. The Labute approximate surface area is 473 Å². The summed E-state index contributed by atoms with van der Waals surface area (Å²) < 4.78 is 7.40. The summed E-state index contributed by atoms with van der Waals surface area (Å²) in [5, 5.41) is 2.27. The molecule has 10 aromatic carbocycles. The molecule has 394 valence electrons. The molecule has 1 spiro atoms. The SMILES string of the molecule is Cc1ccc(N(c2ccc(C(C)(C)C)cc2)c2ccc3c(c2)C2(c4ccccc4-c4ccccc42)c2cc(N(c4ccc(C(C)(C)C)cc4)c4ccc(C)c(C5CCCCC5)c4)c4oc5ccccc5c4c2-3)cc1-c1ccccc1. The lowest BCUT2D eigenvalue weighted by Gasteiger charge is -2.34. The van der Waals surface area contributed by atoms with Crippen LogP contribution in [0.3, 0.4) is 0 Å². The zero-order chi connectivity index (χ0) is 54.7. The smallest absolute Gasteiger partial charge is 0.160 e. The van der Waals surface area contributed by atoms with Crippen molar-refractivity contribution in [3.63, 3.8) is 0 Å². The Balaban J connectivity index is 1.08. The van der Waals surface area contributed by atoms with Gasteiger partial charge in [-0.2, -0.15) is 0 Å². The fraction of sp³-hybridized carbons (Fsp3) is 0.221. The van der Waals surface area contributed by atoms with Crippen molar-refractivity contribution < 1.29 is 4.42 Å². The zero-order valence-electron chi connectivity index (χ0n) is 47.6. The third kappa shape index (κ3) is 7.90. The van der Waals surface area contributed by atoms with Gasteiger partial charge in [0.1, 0.15) is 5.58 Å². The van der Waals surface area contributed by atoms with Crippen LogP contribution in [0.1, 0.15) is 130 Å². The van der Waals surface area contributed by atoms with Crippen molar-refractivity contribution in [1.82, 2.24) is 0 Å². The molecule has 1 heterocycles. The first-order valence-corrected chi connectivity index (χ1v) is 29.2. The second-order valence-corrected chi connectivity index (χ2v) is 25.2. The minimum Gasteiger partial charge on any atom is -0.454 e. The molecule has 3 aliphatic rings. The van der Waals surface area contributed by atoms with E-state index in [0.717, 1.165) is 56.1 Å². The number of rotatable bonds is 8. The Hall–Kier alpha value is -8.40. The predicted molar refractivity (Wildman–Crippen MR) is 338 cm³/mol. The van der Waals surface area contributed by atoms with Crippen LogP contribution in [0.5, 0.6) is 0 Å². The largest absolute Gasteiger partial charge is 0.454 e. The monoisotopic (exact) mass is 1040 g/mol. The van der Waals surface area contributed by atoms with Gasteiger partial charge in [-0.1, -0.05) is 200 Å². The van der Waals surface area contributed by atoms with E-state index in [0.29, 0.717) is 5.92 Å². The molecular weight excluding hydrogens is 969 g/mol. The summed E-state index contributed by atoms with van der Waals surface area (Å²) in [6.45, 7) is 18.3. The molecule has 0 atom stereocenters. The average molecular weight is 1040 g/mol. The van der Waals surface area contributed by atoms with E-state index >= 15 is 0 Å². The minimum absolute atomic E-state index is 0.00367. The molecule has 11 aromatic rings. The fourth-order valence-electron chi connectivity index (χ4n) is 14.2. The van der Waals surface area contributed by atoms with Crippen LogP contribution in [0, 0.1) is 13.8 Å². The highest BCUT2D eigenvalue weighted by Gasteiger charge is 2.53. The number of hydrogen-bond donors (Lipinski definition) is 0. The topological polar surface area (TPSA) is 19.6 Å². The summed E-state index contributed by atoms with van der Waals surface area (Å²) in [4.78, 5) is 5.02. The molecular formula is C77H70N2O. The summed E-state index contributed by atoms with van der Waals surface area (Å²) in [5.74, 6) is 0.541. The number of anilines is 6. The number of para-hydroxylation sites is 1. The molecule has 14 rings (SSSR count). The second kappa shape index (κ2) is 18.9. The Bertz CT molecular complexity index is 4150. The number of hydrogen-bond acceptors (Lipinski definition) is 3. The van der Waals surface area contributed by atoms with Gasteiger partial charge in [0.25, 0.3) is 0 Å². The van der Waals surface area contributed by atoms with Gasteiger partial charge in [0.05, 0.1) is 11.1 Å². The Morgan fingerprint density at radius 1 is 0.425 bits per heavy atom. The fourth-order valence-corrected chi connectivity index (χ4v) is 14.2. The summed E-state index contributed by atoms with van der Waals surface area (Å²) >= 11 is 0. The third-order valence-electron chi connectivity index (χ3n) is 18.3. The van der Waals surface area contributed by atoms with E-state index in [-0.39, 0.29) is 10.8 Å². The second-order valence-electron chi connectivity index (χ2n) is 25.2. The van der Waals surface area contributed by atoms with E-state index in [1.54, 1.807) is 0 Å². The quantitative estimate of drug-likeness (QED) is 0.151. The van der Waals surface area contributed by atoms with Gasteiger partial charge in [0.15, 0.2) is 5.58 Å². The van der Waals surface area contributed by atoms with Gasteiger partial charge in [-0.05, 0) is 200 Å². The molecule has 0 bridgehead atoms. The first-order chi connectivity index (χ1) is 38.8. The number of nitrogens with zero attached hydrogens (tertiary/aromatic N) is 2. The molecule has 3 nitrogen and oxygen atoms in total. The highest BCUT2D eigenvalue weighted by molar-refractivity contribution is 6.20. The van der Waals surface area contributed by atoms with Crippen molar-refractivity contribution in [1.29, 1.82) is 0 Å². The van der Waals surface area contributed by atoms with E-state index in [2.05, 4.69) is 278 Å². The van der Waals surface area contributed by atoms with Gasteiger partial charge >= 0.3 is 0 Å². The van der Waals surface area contributed by atoms with Crippen molar-refractivity contribution in [3.05, 3.63) is 262 Å². The lowest BCUT2D eigenvalue weighted by molar-refractivity contribution is 0.442. The molecule has 0 aliphatic heterocycles. The van der Waals surface area contributed by atoms with Crippen molar-refractivity contribution in [2.24, 2.45) is 0 Å². The number of furan rings is 1. The zero-order valence-corrected chi connectivity index (χ0v) is 47.6. The lowest BCUT2D eigenvalue weighted by atomic mass is 9.70. The average Bonchev–Trinajstić information content (AvgIpc) is 1.96. The maximum absolute atomic E-state index is 7.40. The van der Waals surface area contributed by atoms with Gasteiger partial charge in [-0.15, -0.1) is 0 Å². The highest BCUT2D eigenvalue weighted by atomic mass is 16.3. The Kier molecular flexibility index (Phi) is 11.8. The normalized spacial score (nSPS) is 14.6. The first-order valence-electron chi connectivity index (χ1n) is 29.2. The molecule has 80 heavy (non-hydrogen) atoms. The van der Waals surface area contributed by atoms with Crippen LogP contribution >= 0.6 is 0 Å².